The average Bonchev–Trinajstić information content (AvgIpc) is 1.99. The molecule has 0 saturated carbocycles. The summed E-state index contributed by atoms with van der Waals surface area (Å²) in [5, 5.41) is 0. The molecule has 0 radical (unpaired) electrons. The van der Waals surface area contributed by atoms with Crippen molar-refractivity contribution in [2.45, 2.75) is 27.7 Å². The van der Waals surface area contributed by atoms with Gasteiger partial charge in [0.05, 0.1) is 0 Å². The van der Waals surface area contributed by atoms with E-state index < -0.39 is 0 Å². The molecule has 1 aliphatic heterocycles. The van der Waals surface area contributed by atoms with Crippen molar-refractivity contribution >= 4 is 0 Å². The summed E-state index contributed by atoms with van der Waals surface area (Å²) in [6.07, 6.45) is 4.70. The molecule has 0 bridgehead atoms. The van der Waals surface area contributed by atoms with Gasteiger partial charge >= 0.3 is 0 Å². The minimum Gasteiger partial charge on any atom is -0.295 e. The van der Waals surface area contributed by atoms with Crippen molar-refractivity contribution < 1.29 is 0 Å². The highest BCUT2D eigenvalue weighted by molar-refractivity contribution is 5.08. The molecule has 13 heavy (non-hydrogen) atoms. The molecule has 0 aromatic heterocycles. The number of hydrogen-bond donors (Lipinski definition) is 0. The van der Waals surface area contributed by atoms with E-state index in [0.717, 1.165) is 19.0 Å². The Morgan fingerprint density at radius 2 is 2.31 bits per heavy atom. The maximum absolute atomic E-state index is 2.51. The van der Waals surface area contributed by atoms with Gasteiger partial charge in [0.2, 0.25) is 0 Å². The van der Waals surface area contributed by atoms with Gasteiger partial charge in [-0.1, -0.05) is 30.2 Å². The molecule has 0 amide bonds. The maximum Gasteiger partial charge on any atom is 0.0193 e. The first-order chi connectivity index (χ1) is 6.08. The van der Waals surface area contributed by atoms with Gasteiger partial charge in [0, 0.05) is 19.6 Å². The van der Waals surface area contributed by atoms with Crippen LogP contribution in [0.3, 0.4) is 0 Å². The molecule has 0 aliphatic carbocycles. The van der Waals surface area contributed by atoms with Crippen molar-refractivity contribution in [2.75, 3.05) is 19.6 Å². The SMILES string of the molecule is CC(C)=CCN1CC(C)=CC(C)C1. The van der Waals surface area contributed by atoms with Crippen LogP contribution in [0.25, 0.3) is 0 Å². The lowest BCUT2D eigenvalue weighted by Crippen LogP contribution is -2.33. The molecule has 0 aromatic rings. The molecule has 1 nitrogen and oxygen atoms in total. The summed E-state index contributed by atoms with van der Waals surface area (Å²) in [6, 6.07) is 0. The summed E-state index contributed by atoms with van der Waals surface area (Å²) >= 11 is 0. The molecule has 0 saturated heterocycles. The molecule has 1 heterocycles. The van der Waals surface area contributed by atoms with E-state index in [1.165, 1.54) is 17.7 Å². The molecule has 1 heteroatoms. The zero-order valence-electron chi connectivity index (χ0n) is 9.30. The van der Waals surface area contributed by atoms with Crippen LogP contribution < -0.4 is 0 Å². The molecule has 74 valence electrons. The fourth-order valence-corrected chi connectivity index (χ4v) is 1.87. The molecule has 0 aromatic carbocycles. The zero-order valence-corrected chi connectivity index (χ0v) is 9.30. The Labute approximate surface area is 82.1 Å². The summed E-state index contributed by atoms with van der Waals surface area (Å²) in [7, 11) is 0. The lowest BCUT2D eigenvalue weighted by atomic mass is 10.0. The van der Waals surface area contributed by atoms with Crippen molar-refractivity contribution in [1.29, 1.82) is 0 Å². The lowest BCUT2D eigenvalue weighted by Gasteiger charge is -2.28. The second-order valence-corrected chi connectivity index (χ2v) is 4.47. The number of rotatable bonds is 2. The van der Waals surface area contributed by atoms with Crippen molar-refractivity contribution in [2.24, 2.45) is 5.92 Å². The largest absolute Gasteiger partial charge is 0.295 e. The van der Waals surface area contributed by atoms with Gasteiger partial charge in [-0.3, -0.25) is 4.90 Å². The van der Waals surface area contributed by atoms with Gasteiger partial charge in [0.15, 0.2) is 0 Å². The second-order valence-electron chi connectivity index (χ2n) is 4.47. The van der Waals surface area contributed by atoms with E-state index in [1.54, 1.807) is 0 Å². The molecule has 0 fully saturated rings. The summed E-state index contributed by atoms with van der Waals surface area (Å²) in [5.74, 6) is 0.722. The minimum absolute atomic E-state index is 0.722. The van der Waals surface area contributed by atoms with Gasteiger partial charge in [-0.05, 0) is 26.7 Å². The van der Waals surface area contributed by atoms with Crippen molar-refractivity contribution in [3.05, 3.63) is 23.3 Å². The molecular formula is C12H21N. The van der Waals surface area contributed by atoms with Crippen LogP contribution >= 0.6 is 0 Å². The van der Waals surface area contributed by atoms with Crippen LogP contribution in [0.15, 0.2) is 23.3 Å². The van der Waals surface area contributed by atoms with Crippen LogP contribution in [-0.4, -0.2) is 24.5 Å². The smallest absolute Gasteiger partial charge is 0.0193 e. The van der Waals surface area contributed by atoms with Gasteiger partial charge in [-0.25, -0.2) is 0 Å². The third-order valence-corrected chi connectivity index (χ3v) is 2.35. The third kappa shape index (κ3) is 3.77. The van der Waals surface area contributed by atoms with E-state index >= 15 is 0 Å². The quantitative estimate of drug-likeness (QED) is 0.589. The van der Waals surface area contributed by atoms with Gasteiger partial charge in [0.1, 0.15) is 0 Å². The number of allylic oxidation sites excluding steroid dienone is 1. The molecule has 1 atom stereocenters. The Morgan fingerprint density at radius 1 is 1.62 bits per heavy atom. The van der Waals surface area contributed by atoms with Crippen LogP contribution in [-0.2, 0) is 0 Å². The van der Waals surface area contributed by atoms with Crippen molar-refractivity contribution in [3.63, 3.8) is 0 Å². The van der Waals surface area contributed by atoms with Crippen LogP contribution in [0.4, 0.5) is 0 Å². The van der Waals surface area contributed by atoms with E-state index in [4.69, 9.17) is 0 Å². The van der Waals surface area contributed by atoms with Crippen LogP contribution in [0.1, 0.15) is 27.7 Å². The first-order valence-electron chi connectivity index (χ1n) is 5.11. The Balaban J connectivity index is 2.46. The molecule has 1 rings (SSSR count). The van der Waals surface area contributed by atoms with Crippen molar-refractivity contribution in [1.82, 2.24) is 4.90 Å². The Hall–Kier alpha value is -0.560. The van der Waals surface area contributed by atoms with E-state index in [2.05, 4.69) is 44.7 Å². The van der Waals surface area contributed by atoms with Crippen LogP contribution in [0.2, 0.25) is 0 Å². The fraction of sp³-hybridized carbons (Fsp3) is 0.667. The predicted molar refractivity (Wildman–Crippen MR) is 58.8 cm³/mol. The average molecular weight is 179 g/mol. The Kier molecular flexibility index (Phi) is 3.73. The van der Waals surface area contributed by atoms with Gasteiger partial charge in [-0.15, -0.1) is 0 Å². The molecule has 0 spiro atoms. The number of nitrogens with zero attached hydrogens (tertiary/aromatic N) is 1. The maximum atomic E-state index is 2.51. The standard InChI is InChI=1S/C12H21N/c1-10(2)5-6-13-8-11(3)7-12(4)9-13/h5,7,11H,6,8-9H2,1-4H3. The van der Waals surface area contributed by atoms with E-state index in [9.17, 15) is 0 Å². The Bertz CT molecular complexity index is 221. The lowest BCUT2D eigenvalue weighted by molar-refractivity contribution is 0.284. The van der Waals surface area contributed by atoms with E-state index in [1.807, 2.05) is 0 Å². The van der Waals surface area contributed by atoms with Gasteiger partial charge in [0.25, 0.3) is 0 Å². The van der Waals surface area contributed by atoms with Gasteiger partial charge < -0.3 is 0 Å². The highest BCUT2D eigenvalue weighted by Gasteiger charge is 2.13. The normalized spacial score (nSPS) is 24.0. The van der Waals surface area contributed by atoms with Crippen molar-refractivity contribution in [3.8, 4) is 0 Å². The van der Waals surface area contributed by atoms with Gasteiger partial charge in [-0.2, -0.15) is 0 Å². The first-order valence-corrected chi connectivity index (χ1v) is 5.11. The highest BCUT2D eigenvalue weighted by Crippen LogP contribution is 2.13. The zero-order chi connectivity index (χ0) is 9.84. The molecule has 0 N–H and O–H groups in total. The fourth-order valence-electron chi connectivity index (χ4n) is 1.87. The minimum atomic E-state index is 0.722. The van der Waals surface area contributed by atoms with E-state index in [0.29, 0.717) is 0 Å². The second kappa shape index (κ2) is 4.61. The van der Waals surface area contributed by atoms with E-state index in [-0.39, 0.29) is 0 Å². The topological polar surface area (TPSA) is 3.24 Å². The summed E-state index contributed by atoms with van der Waals surface area (Å²) in [6.45, 7) is 12.3. The summed E-state index contributed by atoms with van der Waals surface area (Å²) in [4.78, 5) is 2.51. The summed E-state index contributed by atoms with van der Waals surface area (Å²) < 4.78 is 0. The van der Waals surface area contributed by atoms with Crippen LogP contribution in [0.5, 0.6) is 0 Å². The predicted octanol–water partition coefficient (Wildman–Crippen LogP) is 2.85. The monoisotopic (exact) mass is 179 g/mol. The third-order valence-electron chi connectivity index (χ3n) is 2.35. The molecule has 1 aliphatic rings. The Morgan fingerprint density at radius 3 is 2.85 bits per heavy atom. The molecular weight excluding hydrogens is 158 g/mol. The van der Waals surface area contributed by atoms with Crippen LogP contribution in [0, 0.1) is 5.92 Å². The highest BCUT2D eigenvalue weighted by atomic mass is 15.1. The molecule has 1 unspecified atom stereocenters. The first kappa shape index (κ1) is 10.5. The summed E-state index contributed by atoms with van der Waals surface area (Å²) in [5.41, 5.74) is 2.93. The number of hydrogen-bond acceptors (Lipinski definition) is 1.